The molecule has 2 N–H and O–H groups in total. The van der Waals surface area contributed by atoms with E-state index in [0.29, 0.717) is 12.5 Å². The largest absolute Gasteiger partial charge is 0.316 e. The summed E-state index contributed by atoms with van der Waals surface area (Å²) < 4.78 is 26.6. The fourth-order valence-electron chi connectivity index (χ4n) is 1.30. The molecule has 0 amide bonds. The van der Waals surface area contributed by atoms with Crippen LogP contribution in [0.1, 0.15) is 41.0 Å². The lowest BCUT2D eigenvalue weighted by atomic mass is 10.0. The molecule has 3 atom stereocenters. The second-order valence-electron chi connectivity index (χ2n) is 4.46. The summed E-state index contributed by atoms with van der Waals surface area (Å²) in [4.78, 5) is 0. The van der Waals surface area contributed by atoms with Gasteiger partial charge in [-0.3, -0.25) is 0 Å². The lowest BCUT2D eigenvalue weighted by Gasteiger charge is -2.22. The van der Waals surface area contributed by atoms with E-state index in [1.165, 1.54) is 0 Å². The van der Waals surface area contributed by atoms with Crippen LogP contribution in [0.4, 0.5) is 0 Å². The highest BCUT2D eigenvalue weighted by Gasteiger charge is 2.23. The minimum atomic E-state index is -3.20. The van der Waals surface area contributed by atoms with E-state index in [4.69, 9.17) is 0 Å². The maximum atomic E-state index is 11.9. The van der Waals surface area contributed by atoms with Crippen LogP contribution in [-0.2, 0) is 10.0 Å². The molecule has 0 saturated heterocycles. The maximum Gasteiger partial charge on any atom is 0.215 e. The molecule has 0 spiro atoms. The molecule has 0 fully saturated rings. The monoisotopic (exact) mass is 250 g/mol. The van der Waals surface area contributed by atoms with Crippen LogP contribution in [0, 0.1) is 5.92 Å². The van der Waals surface area contributed by atoms with Crippen LogP contribution < -0.4 is 10.0 Å². The Morgan fingerprint density at radius 2 is 1.69 bits per heavy atom. The van der Waals surface area contributed by atoms with E-state index in [1.807, 2.05) is 13.8 Å². The summed E-state index contributed by atoms with van der Waals surface area (Å²) >= 11 is 0. The molecule has 0 aromatic heterocycles. The quantitative estimate of drug-likeness (QED) is 0.683. The zero-order valence-electron chi connectivity index (χ0n) is 11.1. The second kappa shape index (κ2) is 7.25. The second-order valence-corrected chi connectivity index (χ2v) is 6.59. The van der Waals surface area contributed by atoms with Crippen molar-refractivity contribution in [2.24, 2.45) is 5.92 Å². The average molecular weight is 250 g/mol. The Morgan fingerprint density at radius 3 is 2.12 bits per heavy atom. The Bertz CT molecular complexity index is 278. The molecule has 4 nitrogen and oxygen atoms in total. The van der Waals surface area contributed by atoms with Gasteiger partial charge in [0.1, 0.15) is 0 Å². The van der Waals surface area contributed by atoms with Gasteiger partial charge in [0.05, 0.1) is 5.25 Å². The summed E-state index contributed by atoms with van der Waals surface area (Å²) in [5.74, 6) is 0.362. The predicted octanol–water partition coefficient (Wildman–Crippen LogP) is 1.34. The Balaban J connectivity index is 4.33. The van der Waals surface area contributed by atoms with Crippen LogP contribution in [0.15, 0.2) is 0 Å². The first-order chi connectivity index (χ1) is 7.35. The summed E-state index contributed by atoms with van der Waals surface area (Å²) in [6.07, 6.45) is 0.977. The maximum absolute atomic E-state index is 11.9. The number of nitrogens with one attached hydrogen (secondary N) is 2. The van der Waals surface area contributed by atoms with Crippen LogP contribution >= 0.6 is 0 Å². The fraction of sp³-hybridized carbons (Fsp3) is 1.00. The summed E-state index contributed by atoms with van der Waals surface area (Å²) in [5.41, 5.74) is 0. The van der Waals surface area contributed by atoms with Gasteiger partial charge in [-0.1, -0.05) is 27.2 Å². The van der Waals surface area contributed by atoms with E-state index < -0.39 is 10.0 Å². The number of hydrogen-bond acceptors (Lipinski definition) is 3. The van der Waals surface area contributed by atoms with Gasteiger partial charge in [0.25, 0.3) is 0 Å². The molecular formula is C11H26N2O2S. The van der Waals surface area contributed by atoms with Crippen molar-refractivity contribution in [2.75, 3.05) is 13.1 Å². The van der Waals surface area contributed by atoms with Crippen LogP contribution in [0.5, 0.6) is 0 Å². The SMILES string of the molecule is CCNCC(C)S(=O)(=O)NC(C)C(C)CC. The smallest absolute Gasteiger partial charge is 0.215 e. The predicted molar refractivity (Wildman–Crippen MR) is 69.0 cm³/mol. The number of rotatable bonds is 8. The Labute approximate surface area is 100 Å². The van der Waals surface area contributed by atoms with Crippen molar-refractivity contribution in [1.29, 1.82) is 0 Å². The molecule has 3 unspecified atom stereocenters. The third-order valence-corrected chi connectivity index (χ3v) is 4.99. The summed E-state index contributed by atoms with van der Waals surface area (Å²) in [5, 5.41) is 2.66. The molecule has 0 bridgehead atoms. The lowest BCUT2D eigenvalue weighted by Crippen LogP contribution is -2.44. The Kier molecular flexibility index (Phi) is 7.19. The van der Waals surface area contributed by atoms with E-state index in [-0.39, 0.29) is 11.3 Å². The zero-order valence-corrected chi connectivity index (χ0v) is 11.9. The first-order valence-electron chi connectivity index (χ1n) is 6.07. The van der Waals surface area contributed by atoms with E-state index in [0.717, 1.165) is 13.0 Å². The van der Waals surface area contributed by atoms with Gasteiger partial charge in [-0.25, -0.2) is 13.1 Å². The molecule has 0 aliphatic rings. The molecule has 0 heterocycles. The highest BCUT2D eigenvalue weighted by atomic mass is 32.2. The molecule has 0 radical (unpaired) electrons. The highest BCUT2D eigenvalue weighted by Crippen LogP contribution is 2.09. The topological polar surface area (TPSA) is 58.2 Å². The number of hydrogen-bond donors (Lipinski definition) is 2. The van der Waals surface area contributed by atoms with Crippen molar-refractivity contribution in [1.82, 2.24) is 10.0 Å². The summed E-state index contributed by atoms with van der Waals surface area (Å²) in [6.45, 7) is 11.0. The van der Waals surface area contributed by atoms with Crippen molar-refractivity contribution < 1.29 is 8.42 Å². The standard InChI is InChI=1S/C11H26N2O2S/c1-6-9(3)11(5)13-16(14,15)10(4)8-12-7-2/h9-13H,6-8H2,1-5H3. The van der Waals surface area contributed by atoms with E-state index in [2.05, 4.69) is 23.9 Å². The van der Waals surface area contributed by atoms with Gasteiger partial charge in [0, 0.05) is 12.6 Å². The van der Waals surface area contributed by atoms with Gasteiger partial charge in [-0.15, -0.1) is 0 Å². The molecule has 0 saturated carbocycles. The van der Waals surface area contributed by atoms with Crippen LogP contribution in [0.25, 0.3) is 0 Å². The van der Waals surface area contributed by atoms with Gasteiger partial charge in [-0.2, -0.15) is 0 Å². The van der Waals surface area contributed by atoms with Gasteiger partial charge in [0.2, 0.25) is 10.0 Å². The molecule has 0 aliphatic carbocycles. The molecule has 0 aliphatic heterocycles. The van der Waals surface area contributed by atoms with Crippen LogP contribution in [0.2, 0.25) is 0 Å². The van der Waals surface area contributed by atoms with E-state index in [1.54, 1.807) is 6.92 Å². The van der Waals surface area contributed by atoms with Crippen molar-refractivity contribution in [3.63, 3.8) is 0 Å². The average Bonchev–Trinajstić information content (AvgIpc) is 2.23. The molecule has 0 aromatic carbocycles. The molecule has 5 heteroatoms. The highest BCUT2D eigenvalue weighted by molar-refractivity contribution is 7.90. The molecular weight excluding hydrogens is 224 g/mol. The van der Waals surface area contributed by atoms with Crippen molar-refractivity contribution in [2.45, 2.75) is 52.3 Å². The molecule has 0 aromatic rings. The minimum Gasteiger partial charge on any atom is -0.316 e. The van der Waals surface area contributed by atoms with Crippen molar-refractivity contribution >= 4 is 10.0 Å². The first kappa shape index (κ1) is 15.9. The summed E-state index contributed by atoms with van der Waals surface area (Å²) in [7, 11) is -3.20. The Hall–Kier alpha value is -0.130. The zero-order chi connectivity index (χ0) is 12.8. The third kappa shape index (κ3) is 5.27. The van der Waals surface area contributed by atoms with Crippen LogP contribution in [0.3, 0.4) is 0 Å². The lowest BCUT2D eigenvalue weighted by molar-refractivity contribution is 0.431. The summed E-state index contributed by atoms with van der Waals surface area (Å²) in [6, 6.07) is -0.000855. The van der Waals surface area contributed by atoms with E-state index in [9.17, 15) is 8.42 Å². The van der Waals surface area contributed by atoms with Gasteiger partial charge in [0.15, 0.2) is 0 Å². The number of sulfonamides is 1. The first-order valence-corrected chi connectivity index (χ1v) is 7.61. The van der Waals surface area contributed by atoms with Crippen molar-refractivity contribution in [3.05, 3.63) is 0 Å². The van der Waals surface area contributed by atoms with E-state index >= 15 is 0 Å². The molecule has 16 heavy (non-hydrogen) atoms. The molecule has 98 valence electrons. The van der Waals surface area contributed by atoms with Gasteiger partial charge >= 0.3 is 0 Å². The fourth-order valence-corrected chi connectivity index (χ4v) is 2.62. The van der Waals surface area contributed by atoms with Crippen molar-refractivity contribution in [3.8, 4) is 0 Å². The normalized spacial score (nSPS) is 18.1. The molecule has 0 rings (SSSR count). The van der Waals surface area contributed by atoms with Gasteiger partial charge in [-0.05, 0) is 26.3 Å². The minimum absolute atomic E-state index is 0.000855. The Morgan fingerprint density at radius 1 is 1.12 bits per heavy atom. The third-order valence-electron chi connectivity index (χ3n) is 3.06. The van der Waals surface area contributed by atoms with Crippen LogP contribution in [-0.4, -0.2) is 32.8 Å². The van der Waals surface area contributed by atoms with Gasteiger partial charge < -0.3 is 5.32 Å².